The summed E-state index contributed by atoms with van der Waals surface area (Å²) in [6.07, 6.45) is 0. The van der Waals surface area contributed by atoms with E-state index in [1.165, 1.54) is 0 Å². The highest BCUT2D eigenvalue weighted by Gasteiger charge is 2.12. The quantitative estimate of drug-likeness (QED) is 0.699. The van der Waals surface area contributed by atoms with Crippen molar-refractivity contribution < 1.29 is 4.42 Å². The normalized spacial score (nSPS) is 16.2. The van der Waals surface area contributed by atoms with Gasteiger partial charge in [-0.3, -0.25) is 0 Å². The van der Waals surface area contributed by atoms with Crippen molar-refractivity contribution in [1.82, 2.24) is 4.90 Å². The zero-order valence-electron chi connectivity index (χ0n) is 11.9. The summed E-state index contributed by atoms with van der Waals surface area (Å²) in [5.41, 5.74) is 7.12. The summed E-state index contributed by atoms with van der Waals surface area (Å²) >= 11 is 1.96. The average Bonchev–Trinajstić information content (AvgIpc) is 3.03. The van der Waals surface area contributed by atoms with Crippen molar-refractivity contribution in [2.45, 2.75) is 6.54 Å². The largest absolute Gasteiger partial charge is 0.459 e. The molecule has 1 fully saturated rings. The van der Waals surface area contributed by atoms with E-state index in [9.17, 15) is 0 Å². The molecule has 0 amide bonds. The first kappa shape index (κ1) is 14.1. The number of nitrogens with two attached hydrogens (primary N) is 1. The molecule has 21 heavy (non-hydrogen) atoms. The Morgan fingerprint density at radius 3 is 2.67 bits per heavy atom. The van der Waals surface area contributed by atoms with Crippen LogP contribution in [-0.4, -0.2) is 35.5 Å². The summed E-state index contributed by atoms with van der Waals surface area (Å²) in [7, 11) is 0. The third kappa shape index (κ3) is 3.61. The van der Waals surface area contributed by atoms with Gasteiger partial charge >= 0.3 is 0 Å². The second kappa shape index (κ2) is 6.72. The van der Waals surface area contributed by atoms with Gasteiger partial charge in [-0.25, -0.2) is 4.99 Å². The Labute approximate surface area is 129 Å². The Bertz CT molecular complexity index is 603. The van der Waals surface area contributed by atoms with Gasteiger partial charge in [-0.15, -0.1) is 0 Å². The number of furan rings is 1. The lowest BCUT2D eigenvalue weighted by molar-refractivity contribution is 0.453. The Morgan fingerprint density at radius 2 is 1.90 bits per heavy atom. The monoisotopic (exact) mass is 301 g/mol. The maximum absolute atomic E-state index is 6.04. The summed E-state index contributed by atoms with van der Waals surface area (Å²) < 4.78 is 5.82. The Kier molecular flexibility index (Phi) is 4.50. The van der Waals surface area contributed by atoms with Crippen molar-refractivity contribution >= 4 is 17.7 Å². The molecular weight excluding hydrogens is 282 g/mol. The molecule has 0 aliphatic carbocycles. The Hall–Kier alpha value is -1.88. The standard InChI is InChI=1S/C16H19N3OS/c17-16(19-8-10-21-11-9-19)18-12-14-6-7-15(20-14)13-4-2-1-3-5-13/h1-7H,8-12H2,(H2,17,18). The molecule has 0 unspecified atom stereocenters. The summed E-state index contributed by atoms with van der Waals surface area (Å²) in [6.45, 7) is 2.45. The topological polar surface area (TPSA) is 54.8 Å². The number of hydrogen-bond acceptors (Lipinski definition) is 3. The van der Waals surface area contributed by atoms with Gasteiger partial charge in [0, 0.05) is 30.2 Å². The fourth-order valence-corrected chi connectivity index (χ4v) is 3.17. The highest BCUT2D eigenvalue weighted by molar-refractivity contribution is 7.99. The first-order valence-corrected chi connectivity index (χ1v) is 8.25. The highest BCUT2D eigenvalue weighted by Crippen LogP contribution is 2.22. The predicted molar refractivity (Wildman–Crippen MR) is 88.4 cm³/mol. The van der Waals surface area contributed by atoms with Crippen LogP contribution < -0.4 is 5.73 Å². The number of rotatable bonds is 3. The van der Waals surface area contributed by atoms with Crippen LogP contribution in [0.5, 0.6) is 0 Å². The molecule has 1 saturated heterocycles. The highest BCUT2D eigenvalue weighted by atomic mass is 32.2. The van der Waals surface area contributed by atoms with Gasteiger partial charge in [-0.2, -0.15) is 11.8 Å². The summed E-state index contributed by atoms with van der Waals surface area (Å²) in [5, 5.41) is 0. The summed E-state index contributed by atoms with van der Waals surface area (Å²) in [6, 6.07) is 14.0. The molecule has 1 aliphatic heterocycles. The van der Waals surface area contributed by atoms with Crippen LogP contribution in [0.25, 0.3) is 11.3 Å². The molecule has 0 saturated carbocycles. The zero-order chi connectivity index (χ0) is 14.5. The maximum Gasteiger partial charge on any atom is 0.191 e. The summed E-state index contributed by atoms with van der Waals surface area (Å²) in [5.74, 6) is 4.56. The maximum atomic E-state index is 6.04. The second-order valence-corrected chi connectivity index (χ2v) is 6.13. The van der Waals surface area contributed by atoms with Gasteiger partial charge in [0.1, 0.15) is 18.1 Å². The van der Waals surface area contributed by atoms with E-state index in [0.717, 1.165) is 41.7 Å². The molecule has 5 heteroatoms. The van der Waals surface area contributed by atoms with Crippen LogP contribution >= 0.6 is 11.8 Å². The number of aliphatic imine (C=N–C) groups is 1. The molecule has 2 aromatic rings. The van der Waals surface area contributed by atoms with E-state index in [-0.39, 0.29) is 0 Å². The molecule has 2 N–H and O–H groups in total. The molecule has 0 spiro atoms. The fourth-order valence-electron chi connectivity index (χ4n) is 2.27. The van der Waals surface area contributed by atoms with Crippen LogP contribution in [0.2, 0.25) is 0 Å². The molecule has 1 aliphatic rings. The number of thioether (sulfide) groups is 1. The van der Waals surface area contributed by atoms with Crippen molar-refractivity contribution in [3.8, 4) is 11.3 Å². The fraction of sp³-hybridized carbons (Fsp3) is 0.312. The first-order chi connectivity index (χ1) is 10.3. The average molecular weight is 301 g/mol. The smallest absolute Gasteiger partial charge is 0.191 e. The Morgan fingerprint density at radius 1 is 1.14 bits per heavy atom. The molecule has 110 valence electrons. The SMILES string of the molecule is NC(=NCc1ccc(-c2ccccc2)o1)N1CCSCC1. The second-order valence-electron chi connectivity index (χ2n) is 4.91. The molecule has 4 nitrogen and oxygen atoms in total. The van der Waals surface area contributed by atoms with Crippen molar-refractivity contribution in [3.63, 3.8) is 0 Å². The molecule has 0 bridgehead atoms. The van der Waals surface area contributed by atoms with Gasteiger partial charge in [-0.1, -0.05) is 30.3 Å². The van der Waals surface area contributed by atoms with Crippen molar-refractivity contribution in [2.24, 2.45) is 10.7 Å². The summed E-state index contributed by atoms with van der Waals surface area (Å²) in [4.78, 5) is 6.58. The van der Waals surface area contributed by atoms with Crippen LogP contribution in [0.1, 0.15) is 5.76 Å². The number of hydrogen-bond donors (Lipinski definition) is 1. The lowest BCUT2D eigenvalue weighted by Crippen LogP contribution is -2.42. The van der Waals surface area contributed by atoms with E-state index in [4.69, 9.17) is 10.2 Å². The molecule has 1 aromatic heterocycles. The van der Waals surface area contributed by atoms with Gasteiger partial charge in [0.05, 0.1) is 0 Å². The van der Waals surface area contributed by atoms with Crippen LogP contribution in [0.15, 0.2) is 51.9 Å². The van der Waals surface area contributed by atoms with Crippen LogP contribution in [0.4, 0.5) is 0 Å². The molecule has 0 radical (unpaired) electrons. The van der Waals surface area contributed by atoms with Crippen LogP contribution in [0, 0.1) is 0 Å². The predicted octanol–water partition coefficient (Wildman–Crippen LogP) is 2.81. The van der Waals surface area contributed by atoms with Crippen molar-refractivity contribution in [1.29, 1.82) is 0 Å². The van der Waals surface area contributed by atoms with Gasteiger partial charge < -0.3 is 15.1 Å². The van der Waals surface area contributed by atoms with E-state index in [1.807, 2.05) is 54.2 Å². The van der Waals surface area contributed by atoms with Gasteiger partial charge in [0.2, 0.25) is 0 Å². The number of benzene rings is 1. The molecule has 2 heterocycles. The lowest BCUT2D eigenvalue weighted by Gasteiger charge is -2.27. The van der Waals surface area contributed by atoms with E-state index in [0.29, 0.717) is 12.5 Å². The van der Waals surface area contributed by atoms with Gasteiger partial charge in [0.15, 0.2) is 5.96 Å². The van der Waals surface area contributed by atoms with E-state index >= 15 is 0 Å². The van der Waals surface area contributed by atoms with E-state index < -0.39 is 0 Å². The first-order valence-electron chi connectivity index (χ1n) is 7.10. The van der Waals surface area contributed by atoms with E-state index in [2.05, 4.69) is 9.89 Å². The molecular formula is C16H19N3OS. The molecule has 3 rings (SSSR count). The lowest BCUT2D eigenvalue weighted by atomic mass is 10.2. The minimum absolute atomic E-state index is 0.488. The third-order valence-electron chi connectivity index (χ3n) is 3.45. The van der Waals surface area contributed by atoms with Crippen LogP contribution in [-0.2, 0) is 6.54 Å². The van der Waals surface area contributed by atoms with Gasteiger partial charge in [0.25, 0.3) is 0 Å². The Balaban J connectivity index is 1.64. The minimum atomic E-state index is 0.488. The van der Waals surface area contributed by atoms with E-state index in [1.54, 1.807) is 0 Å². The third-order valence-corrected chi connectivity index (χ3v) is 4.39. The number of nitrogens with zero attached hydrogens (tertiary/aromatic N) is 2. The van der Waals surface area contributed by atoms with Gasteiger partial charge in [-0.05, 0) is 12.1 Å². The van der Waals surface area contributed by atoms with Crippen LogP contribution in [0.3, 0.4) is 0 Å². The zero-order valence-corrected chi connectivity index (χ0v) is 12.7. The molecule has 0 atom stereocenters. The minimum Gasteiger partial charge on any atom is -0.459 e. The van der Waals surface area contributed by atoms with Crippen molar-refractivity contribution in [2.75, 3.05) is 24.6 Å². The number of guanidine groups is 1. The molecule has 1 aromatic carbocycles. The van der Waals surface area contributed by atoms with Crippen molar-refractivity contribution in [3.05, 3.63) is 48.2 Å².